The Hall–Kier alpha value is -0.610. The number of carbonyl (C=O) groups is 1. The Morgan fingerprint density at radius 3 is 2.47 bits per heavy atom. The SMILES string of the molecule is CC(C)COCCOC(=O)C1CCC(N)CC1. The fourth-order valence-corrected chi connectivity index (χ4v) is 1.99. The van der Waals surface area contributed by atoms with Crippen LogP contribution >= 0.6 is 0 Å². The van der Waals surface area contributed by atoms with Gasteiger partial charge in [-0.1, -0.05) is 13.8 Å². The van der Waals surface area contributed by atoms with E-state index in [9.17, 15) is 4.79 Å². The maximum Gasteiger partial charge on any atom is 0.309 e. The van der Waals surface area contributed by atoms with Gasteiger partial charge in [0.15, 0.2) is 0 Å². The van der Waals surface area contributed by atoms with E-state index in [-0.39, 0.29) is 17.9 Å². The summed E-state index contributed by atoms with van der Waals surface area (Å²) in [5.74, 6) is 0.496. The molecule has 0 atom stereocenters. The van der Waals surface area contributed by atoms with Crippen molar-refractivity contribution in [2.75, 3.05) is 19.8 Å². The van der Waals surface area contributed by atoms with Crippen LogP contribution in [0.25, 0.3) is 0 Å². The molecule has 0 aromatic carbocycles. The minimum Gasteiger partial charge on any atom is -0.463 e. The highest BCUT2D eigenvalue weighted by atomic mass is 16.6. The van der Waals surface area contributed by atoms with Crippen molar-refractivity contribution in [1.82, 2.24) is 0 Å². The first-order valence-electron chi connectivity index (χ1n) is 6.59. The van der Waals surface area contributed by atoms with Gasteiger partial charge in [0.2, 0.25) is 0 Å². The van der Waals surface area contributed by atoms with Crippen molar-refractivity contribution in [2.45, 2.75) is 45.6 Å². The Balaban J connectivity index is 2.05. The normalized spacial score (nSPS) is 24.9. The van der Waals surface area contributed by atoms with E-state index < -0.39 is 0 Å². The zero-order valence-corrected chi connectivity index (χ0v) is 11.0. The molecule has 0 bridgehead atoms. The third-order valence-electron chi connectivity index (χ3n) is 3.03. The fraction of sp³-hybridized carbons (Fsp3) is 0.923. The Labute approximate surface area is 104 Å². The summed E-state index contributed by atoms with van der Waals surface area (Å²) in [5.41, 5.74) is 5.79. The van der Waals surface area contributed by atoms with Gasteiger partial charge in [0.25, 0.3) is 0 Å². The van der Waals surface area contributed by atoms with E-state index in [0.717, 1.165) is 32.3 Å². The number of hydrogen-bond donors (Lipinski definition) is 1. The van der Waals surface area contributed by atoms with Crippen LogP contribution in [-0.4, -0.2) is 31.8 Å². The second-order valence-electron chi connectivity index (χ2n) is 5.25. The van der Waals surface area contributed by atoms with Gasteiger partial charge in [-0.3, -0.25) is 4.79 Å². The summed E-state index contributed by atoms with van der Waals surface area (Å²) in [5, 5.41) is 0. The molecule has 0 aromatic heterocycles. The van der Waals surface area contributed by atoms with Crippen molar-refractivity contribution < 1.29 is 14.3 Å². The Morgan fingerprint density at radius 1 is 1.24 bits per heavy atom. The largest absolute Gasteiger partial charge is 0.463 e. The van der Waals surface area contributed by atoms with Crippen molar-refractivity contribution in [1.29, 1.82) is 0 Å². The molecule has 0 heterocycles. The second kappa shape index (κ2) is 7.67. The average Bonchev–Trinajstić information content (AvgIpc) is 2.29. The quantitative estimate of drug-likeness (QED) is 0.570. The number of nitrogens with two attached hydrogens (primary N) is 1. The van der Waals surface area contributed by atoms with Crippen LogP contribution in [0, 0.1) is 11.8 Å². The first-order valence-corrected chi connectivity index (χ1v) is 6.59. The molecule has 0 amide bonds. The van der Waals surface area contributed by atoms with Crippen molar-refractivity contribution in [2.24, 2.45) is 17.6 Å². The van der Waals surface area contributed by atoms with Crippen LogP contribution in [0.3, 0.4) is 0 Å². The lowest BCUT2D eigenvalue weighted by Crippen LogP contribution is -2.31. The molecule has 0 aromatic rings. The molecule has 0 spiro atoms. The predicted molar refractivity (Wildman–Crippen MR) is 66.5 cm³/mol. The van der Waals surface area contributed by atoms with E-state index in [1.807, 2.05) is 0 Å². The topological polar surface area (TPSA) is 61.5 Å². The van der Waals surface area contributed by atoms with E-state index in [1.54, 1.807) is 0 Å². The van der Waals surface area contributed by atoms with E-state index in [0.29, 0.717) is 19.1 Å². The van der Waals surface area contributed by atoms with E-state index in [1.165, 1.54) is 0 Å². The lowest BCUT2D eigenvalue weighted by molar-refractivity contribution is -0.151. The first-order chi connectivity index (χ1) is 8.09. The van der Waals surface area contributed by atoms with Gasteiger partial charge >= 0.3 is 5.97 Å². The van der Waals surface area contributed by atoms with Crippen LogP contribution in [-0.2, 0) is 14.3 Å². The predicted octanol–water partition coefficient (Wildman–Crippen LogP) is 1.72. The molecule has 0 aliphatic heterocycles. The summed E-state index contributed by atoms with van der Waals surface area (Å²) in [6, 6.07) is 0.272. The third kappa shape index (κ3) is 6.03. The monoisotopic (exact) mass is 243 g/mol. The van der Waals surface area contributed by atoms with Crippen LogP contribution in [0.1, 0.15) is 39.5 Å². The Morgan fingerprint density at radius 2 is 1.88 bits per heavy atom. The zero-order valence-electron chi connectivity index (χ0n) is 11.0. The van der Waals surface area contributed by atoms with Gasteiger partial charge in [0.1, 0.15) is 6.61 Å². The summed E-state index contributed by atoms with van der Waals surface area (Å²) < 4.78 is 10.5. The molecule has 1 aliphatic rings. The van der Waals surface area contributed by atoms with Gasteiger partial charge in [-0.15, -0.1) is 0 Å². The van der Waals surface area contributed by atoms with Gasteiger partial charge < -0.3 is 15.2 Å². The summed E-state index contributed by atoms with van der Waals surface area (Å²) in [7, 11) is 0. The maximum absolute atomic E-state index is 11.7. The summed E-state index contributed by atoms with van der Waals surface area (Å²) >= 11 is 0. The molecule has 1 saturated carbocycles. The summed E-state index contributed by atoms with van der Waals surface area (Å²) in [6.45, 7) is 5.77. The molecular formula is C13H25NO3. The maximum atomic E-state index is 11.7. The molecule has 4 heteroatoms. The molecule has 0 unspecified atom stereocenters. The van der Waals surface area contributed by atoms with Crippen molar-refractivity contribution >= 4 is 5.97 Å². The van der Waals surface area contributed by atoms with Crippen LogP contribution < -0.4 is 5.73 Å². The van der Waals surface area contributed by atoms with Crippen LogP contribution in [0.2, 0.25) is 0 Å². The molecule has 1 fully saturated rings. The molecule has 2 N–H and O–H groups in total. The minimum atomic E-state index is -0.0787. The van der Waals surface area contributed by atoms with E-state index >= 15 is 0 Å². The molecule has 17 heavy (non-hydrogen) atoms. The number of hydrogen-bond acceptors (Lipinski definition) is 4. The first kappa shape index (κ1) is 14.5. The molecular weight excluding hydrogens is 218 g/mol. The molecule has 1 aliphatic carbocycles. The smallest absolute Gasteiger partial charge is 0.309 e. The highest BCUT2D eigenvalue weighted by molar-refractivity contribution is 5.72. The minimum absolute atomic E-state index is 0.0555. The van der Waals surface area contributed by atoms with E-state index in [4.69, 9.17) is 15.2 Å². The van der Waals surface area contributed by atoms with Gasteiger partial charge in [0, 0.05) is 12.6 Å². The lowest BCUT2D eigenvalue weighted by atomic mass is 9.86. The molecule has 100 valence electrons. The van der Waals surface area contributed by atoms with Crippen molar-refractivity contribution in [3.63, 3.8) is 0 Å². The number of carbonyl (C=O) groups excluding carboxylic acids is 1. The molecule has 0 saturated heterocycles. The summed E-state index contributed by atoms with van der Waals surface area (Å²) in [4.78, 5) is 11.7. The van der Waals surface area contributed by atoms with Crippen LogP contribution in [0.15, 0.2) is 0 Å². The van der Waals surface area contributed by atoms with Crippen LogP contribution in [0.5, 0.6) is 0 Å². The Kier molecular flexibility index (Phi) is 6.52. The van der Waals surface area contributed by atoms with Gasteiger partial charge in [-0.2, -0.15) is 0 Å². The summed E-state index contributed by atoms with van der Waals surface area (Å²) in [6.07, 6.45) is 3.60. The number of rotatable bonds is 6. The highest BCUT2D eigenvalue weighted by Crippen LogP contribution is 2.24. The van der Waals surface area contributed by atoms with Gasteiger partial charge in [-0.05, 0) is 31.6 Å². The lowest BCUT2D eigenvalue weighted by Gasteiger charge is -2.24. The van der Waals surface area contributed by atoms with E-state index in [2.05, 4.69) is 13.8 Å². The Bertz CT molecular complexity index is 223. The average molecular weight is 243 g/mol. The standard InChI is InChI=1S/C13H25NO3/c1-10(2)9-16-7-8-17-13(15)11-3-5-12(14)6-4-11/h10-12H,3-9,14H2,1-2H3. The highest BCUT2D eigenvalue weighted by Gasteiger charge is 2.25. The van der Waals surface area contributed by atoms with Crippen molar-refractivity contribution in [3.05, 3.63) is 0 Å². The molecule has 1 rings (SSSR count). The van der Waals surface area contributed by atoms with Crippen LogP contribution in [0.4, 0.5) is 0 Å². The van der Waals surface area contributed by atoms with Gasteiger partial charge in [0.05, 0.1) is 12.5 Å². The third-order valence-corrected chi connectivity index (χ3v) is 3.03. The second-order valence-corrected chi connectivity index (χ2v) is 5.25. The fourth-order valence-electron chi connectivity index (χ4n) is 1.99. The zero-order chi connectivity index (χ0) is 12.7. The molecule has 4 nitrogen and oxygen atoms in total. The number of esters is 1. The molecule has 0 radical (unpaired) electrons. The number of ether oxygens (including phenoxy) is 2. The van der Waals surface area contributed by atoms with Gasteiger partial charge in [-0.25, -0.2) is 0 Å². The van der Waals surface area contributed by atoms with Crippen molar-refractivity contribution in [3.8, 4) is 0 Å².